The lowest BCUT2D eigenvalue weighted by molar-refractivity contribution is -0.0765. The standard InChI is InChI=1S/C19H19BrN2O2/c1-3-17-12-19(24,15-8-10-16(20)11-9-15)22(21-17)18(23)14-6-4-13(2)5-7-14/h4-11,24H,3,12H2,1-2H3/t19-/m1/s1. The number of aliphatic hydroxyl groups is 1. The quantitative estimate of drug-likeness (QED) is 0.858. The van der Waals surface area contributed by atoms with Gasteiger partial charge in [-0.15, -0.1) is 0 Å². The molecule has 24 heavy (non-hydrogen) atoms. The lowest BCUT2D eigenvalue weighted by Crippen LogP contribution is -2.43. The highest BCUT2D eigenvalue weighted by atomic mass is 79.9. The van der Waals surface area contributed by atoms with Crippen LogP contribution in [0.1, 0.15) is 41.3 Å². The number of hydrogen-bond donors (Lipinski definition) is 1. The molecule has 1 heterocycles. The van der Waals surface area contributed by atoms with Crippen LogP contribution in [0.2, 0.25) is 0 Å². The Bertz CT molecular complexity index is 784. The topological polar surface area (TPSA) is 52.9 Å². The molecule has 0 unspecified atom stereocenters. The molecule has 0 saturated heterocycles. The third-order valence-electron chi connectivity index (χ3n) is 4.25. The van der Waals surface area contributed by atoms with Gasteiger partial charge in [0.15, 0.2) is 5.72 Å². The molecule has 3 rings (SSSR count). The van der Waals surface area contributed by atoms with Crippen LogP contribution < -0.4 is 0 Å². The van der Waals surface area contributed by atoms with Crippen molar-refractivity contribution in [2.24, 2.45) is 5.10 Å². The minimum absolute atomic E-state index is 0.302. The van der Waals surface area contributed by atoms with E-state index < -0.39 is 5.72 Å². The number of rotatable bonds is 3. The summed E-state index contributed by atoms with van der Waals surface area (Å²) >= 11 is 3.39. The van der Waals surface area contributed by atoms with E-state index in [1.54, 1.807) is 12.1 Å². The van der Waals surface area contributed by atoms with Crippen molar-refractivity contribution >= 4 is 27.5 Å². The van der Waals surface area contributed by atoms with Gasteiger partial charge < -0.3 is 5.11 Å². The normalized spacial score (nSPS) is 20.2. The summed E-state index contributed by atoms with van der Waals surface area (Å²) in [5, 5.41) is 16.9. The molecule has 5 heteroatoms. The molecule has 1 N–H and O–H groups in total. The van der Waals surface area contributed by atoms with E-state index in [1.165, 1.54) is 5.01 Å². The van der Waals surface area contributed by atoms with Gasteiger partial charge in [0.25, 0.3) is 5.91 Å². The van der Waals surface area contributed by atoms with Gasteiger partial charge in [-0.05, 0) is 37.6 Å². The maximum atomic E-state index is 12.9. The first-order valence-corrected chi connectivity index (χ1v) is 8.69. The number of benzene rings is 2. The highest BCUT2D eigenvalue weighted by Crippen LogP contribution is 2.37. The van der Waals surface area contributed by atoms with E-state index in [0.717, 1.165) is 15.7 Å². The summed E-state index contributed by atoms with van der Waals surface area (Å²) in [6.07, 6.45) is 1.01. The molecule has 0 spiro atoms. The number of aryl methyl sites for hydroxylation is 1. The number of carbonyl (C=O) groups excluding carboxylic acids is 1. The summed E-state index contributed by atoms with van der Waals surface area (Å²) in [4.78, 5) is 12.9. The summed E-state index contributed by atoms with van der Waals surface area (Å²) < 4.78 is 0.917. The molecular formula is C19H19BrN2O2. The SMILES string of the molecule is CCC1=NN(C(=O)c2ccc(C)cc2)[C@](O)(c2ccc(Br)cc2)C1. The summed E-state index contributed by atoms with van der Waals surface area (Å²) in [5.41, 5.74) is 1.60. The average molecular weight is 387 g/mol. The highest BCUT2D eigenvalue weighted by molar-refractivity contribution is 9.10. The Morgan fingerprint density at radius 2 is 1.83 bits per heavy atom. The minimum Gasteiger partial charge on any atom is -0.365 e. The molecular weight excluding hydrogens is 368 g/mol. The maximum Gasteiger partial charge on any atom is 0.276 e. The van der Waals surface area contributed by atoms with Gasteiger partial charge in [-0.25, -0.2) is 0 Å². The van der Waals surface area contributed by atoms with Gasteiger partial charge in [0.05, 0.1) is 0 Å². The number of amides is 1. The third-order valence-corrected chi connectivity index (χ3v) is 4.78. The van der Waals surface area contributed by atoms with Crippen LogP contribution in [-0.2, 0) is 5.72 Å². The van der Waals surface area contributed by atoms with Crippen LogP contribution in [-0.4, -0.2) is 21.7 Å². The first kappa shape index (κ1) is 16.9. The molecule has 0 aromatic heterocycles. The fourth-order valence-electron chi connectivity index (χ4n) is 2.79. The van der Waals surface area contributed by atoms with E-state index in [1.807, 2.05) is 50.2 Å². The fourth-order valence-corrected chi connectivity index (χ4v) is 3.05. The molecule has 0 aliphatic carbocycles. The Labute approximate surface area is 149 Å². The largest absolute Gasteiger partial charge is 0.365 e. The zero-order chi connectivity index (χ0) is 17.3. The van der Waals surface area contributed by atoms with Crippen LogP contribution >= 0.6 is 15.9 Å². The van der Waals surface area contributed by atoms with Gasteiger partial charge in [0.2, 0.25) is 0 Å². The number of halogens is 1. The molecule has 0 radical (unpaired) electrons. The lowest BCUT2D eigenvalue weighted by Gasteiger charge is -2.31. The van der Waals surface area contributed by atoms with Gasteiger partial charge in [-0.3, -0.25) is 4.79 Å². The van der Waals surface area contributed by atoms with Crippen LogP contribution in [0.25, 0.3) is 0 Å². The van der Waals surface area contributed by atoms with Crippen molar-refractivity contribution in [1.29, 1.82) is 0 Å². The van der Waals surface area contributed by atoms with Crippen LogP contribution in [0.15, 0.2) is 58.1 Å². The Morgan fingerprint density at radius 1 is 1.21 bits per heavy atom. The van der Waals surface area contributed by atoms with Crippen LogP contribution in [0.4, 0.5) is 0 Å². The first-order chi connectivity index (χ1) is 11.4. The molecule has 1 aliphatic heterocycles. The molecule has 0 fully saturated rings. The van der Waals surface area contributed by atoms with E-state index >= 15 is 0 Å². The summed E-state index contributed by atoms with van der Waals surface area (Å²) in [6.45, 7) is 3.94. The molecule has 2 aromatic carbocycles. The van der Waals surface area contributed by atoms with E-state index in [2.05, 4.69) is 21.0 Å². The van der Waals surface area contributed by atoms with Crippen LogP contribution in [0.3, 0.4) is 0 Å². The van der Waals surface area contributed by atoms with Crippen molar-refractivity contribution in [3.05, 3.63) is 69.7 Å². The molecule has 2 aromatic rings. The zero-order valence-corrected chi connectivity index (χ0v) is 15.2. The molecule has 0 saturated carbocycles. The predicted octanol–water partition coefficient (Wildman–Crippen LogP) is 4.21. The average Bonchev–Trinajstić information content (AvgIpc) is 2.93. The van der Waals surface area contributed by atoms with Crippen molar-refractivity contribution in [2.75, 3.05) is 0 Å². The number of hydrogen-bond acceptors (Lipinski definition) is 3. The molecule has 0 bridgehead atoms. The summed E-state index contributed by atoms with van der Waals surface area (Å²) in [7, 11) is 0. The number of hydrazone groups is 1. The highest BCUT2D eigenvalue weighted by Gasteiger charge is 2.45. The molecule has 1 amide bonds. The van der Waals surface area contributed by atoms with E-state index in [9.17, 15) is 9.90 Å². The number of carbonyl (C=O) groups is 1. The van der Waals surface area contributed by atoms with Gasteiger partial charge in [-0.1, -0.05) is 52.7 Å². The van der Waals surface area contributed by atoms with E-state index in [-0.39, 0.29) is 5.91 Å². The van der Waals surface area contributed by atoms with Crippen molar-refractivity contribution in [3.8, 4) is 0 Å². The Balaban J connectivity index is 2.01. The lowest BCUT2D eigenvalue weighted by atomic mass is 9.96. The molecule has 1 atom stereocenters. The van der Waals surface area contributed by atoms with Crippen molar-refractivity contribution in [3.63, 3.8) is 0 Å². The first-order valence-electron chi connectivity index (χ1n) is 7.90. The van der Waals surface area contributed by atoms with Gasteiger partial charge in [0.1, 0.15) is 0 Å². The third kappa shape index (κ3) is 3.01. The van der Waals surface area contributed by atoms with Crippen molar-refractivity contribution in [1.82, 2.24) is 5.01 Å². The fraction of sp³-hybridized carbons (Fsp3) is 0.263. The zero-order valence-electron chi connectivity index (χ0n) is 13.7. The van der Waals surface area contributed by atoms with Crippen molar-refractivity contribution < 1.29 is 9.90 Å². The Hall–Kier alpha value is -1.98. The van der Waals surface area contributed by atoms with Crippen LogP contribution in [0, 0.1) is 6.92 Å². The summed E-state index contributed by atoms with van der Waals surface area (Å²) in [6, 6.07) is 14.6. The number of nitrogens with zero attached hydrogens (tertiary/aromatic N) is 2. The summed E-state index contributed by atoms with van der Waals surface area (Å²) in [5.74, 6) is -0.302. The van der Waals surface area contributed by atoms with E-state index in [0.29, 0.717) is 24.0 Å². The smallest absolute Gasteiger partial charge is 0.276 e. The molecule has 124 valence electrons. The second-order valence-corrected chi connectivity index (χ2v) is 6.92. The Kier molecular flexibility index (Phi) is 4.56. The van der Waals surface area contributed by atoms with E-state index in [4.69, 9.17) is 0 Å². The minimum atomic E-state index is -1.45. The van der Waals surface area contributed by atoms with Crippen molar-refractivity contribution in [2.45, 2.75) is 32.4 Å². The monoisotopic (exact) mass is 386 g/mol. The second kappa shape index (κ2) is 6.49. The van der Waals surface area contributed by atoms with Gasteiger partial charge in [0, 0.05) is 27.7 Å². The molecule has 4 nitrogen and oxygen atoms in total. The predicted molar refractivity (Wildman–Crippen MR) is 97.7 cm³/mol. The van der Waals surface area contributed by atoms with Gasteiger partial charge >= 0.3 is 0 Å². The van der Waals surface area contributed by atoms with Crippen LogP contribution in [0.5, 0.6) is 0 Å². The second-order valence-electron chi connectivity index (χ2n) is 6.00. The molecule has 1 aliphatic rings. The Morgan fingerprint density at radius 3 is 2.42 bits per heavy atom. The van der Waals surface area contributed by atoms with Gasteiger partial charge in [-0.2, -0.15) is 10.1 Å². The maximum absolute atomic E-state index is 12.9.